The van der Waals surface area contributed by atoms with Gasteiger partial charge in [-0.25, -0.2) is 4.98 Å². The summed E-state index contributed by atoms with van der Waals surface area (Å²) in [6, 6.07) is 6.06. The van der Waals surface area contributed by atoms with Crippen LogP contribution in [0.3, 0.4) is 0 Å². The topological polar surface area (TPSA) is 26.0 Å². The SMILES string of the molecule is Cc1cnc(-c2ccc(C)c(Br)c2)o1. The van der Waals surface area contributed by atoms with Crippen molar-refractivity contribution in [2.75, 3.05) is 0 Å². The van der Waals surface area contributed by atoms with E-state index in [4.69, 9.17) is 4.42 Å². The van der Waals surface area contributed by atoms with E-state index >= 15 is 0 Å². The van der Waals surface area contributed by atoms with Crippen molar-refractivity contribution in [1.29, 1.82) is 0 Å². The van der Waals surface area contributed by atoms with Crippen molar-refractivity contribution >= 4 is 15.9 Å². The van der Waals surface area contributed by atoms with Gasteiger partial charge in [0, 0.05) is 10.0 Å². The molecule has 0 bridgehead atoms. The predicted molar refractivity (Wildman–Crippen MR) is 59.1 cm³/mol. The van der Waals surface area contributed by atoms with Crippen LogP contribution in [0, 0.1) is 13.8 Å². The lowest BCUT2D eigenvalue weighted by atomic mass is 10.1. The summed E-state index contributed by atoms with van der Waals surface area (Å²) in [6.45, 7) is 3.94. The van der Waals surface area contributed by atoms with Crippen LogP contribution in [0.5, 0.6) is 0 Å². The highest BCUT2D eigenvalue weighted by Gasteiger charge is 2.05. The summed E-state index contributed by atoms with van der Waals surface area (Å²) in [4.78, 5) is 4.17. The van der Waals surface area contributed by atoms with E-state index in [1.807, 2.05) is 25.1 Å². The molecule has 0 radical (unpaired) electrons. The molecule has 0 aliphatic heterocycles. The third-order valence-corrected chi connectivity index (χ3v) is 2.89. The number of benzene rings is 1. The lowest BCUT2D eigenvalue weighted by molar-refractivity contribution is 0.542. The highest BCUT2D eigenvalue weighted by Crippen LogP contribution is 2.24. The zero-order chi connectivity index (χ0) is 10.1. The molecule has 0 saturated carbocycles. The van der Waals surface area contributed by atoms with Crippen molar-refractivity contribution in [3.05, 3.63) is 40.2 Å². The first-order valence-corrected chi connectivity index (χ1v) is 5.15. The highest BCUT2D eigenvalue weighted by atomic mass is 79.9. The van der Waals surface area contributed by atoms with Crippen molar-refractivity contribution in [2.45, 2.75) is 13.8 Å². The van der Waals surface area contributed by atoms with Crippen LogP contribution in [0.25, 0.3) is 11.5 Å². The molecule has 3 heteroatoms. The molecule has 0 N–H and O–H groups in total. The first kappa shape index (κ1) is 9.46. The molecule has 0 atom stereocenters. The molecule has 0 aliphatic rings. The standard InChI is InChI=1S/C11H10BrNO/c1-7-3-4-9(5-10(7)12)11-13-6-8(2)14-11/h3-6H,1-2H3. The minimum atomic E-state index is 0.670. The van der Waals surface area contributed by atoms with Crippen LogP contribution >= 0.6 is 15.9 Å². The molecule has 2 aromatic rings. The number of aromatic nitrogens is 1. The Morgan fingerprint density at radius 1 is 1.29 bits per heavy atom. The largest absolute Gasteiger partial charge is 0.441 e. The van der Waals surface area contributed by atoms with Crippen LogP contribution in [-0.4, -0.2) is 4.98 Å². The Bertz CT molecular complexity index is 462. The summed E-state index contributed by atoms with van der Waals surface area (Å²) in [5.74, 6) is 1.50. The first-order valence-electron chi connectivity index (χ1n) is 4.36. The molecule has 72 valence electrons. The minimum absolute atomic E-state index is 0.670. The van der Waals surface area contributed by atoms with Crippen LogP contribution in [0.2, 0.25) is 0 Å². The number of rotatable bonds is 1. The lowest BCUT2D eigenvalue weighted by Crippen LogP contribution is -1.79. The molecule has 2 rings (SSSR count). The van der Waals surface area contributed by atoms with Crippen molar-refractivity contribution in [3.63, 3.8) is 0 Å². The Balaban J connectivity index is 2.47. The van der Waals surface area contributed by atoms with Gasteiger partial charge in [0.25, 0.3) is 0 Å². The lowest BCUT2D eigenvalue weighted by Gasteiger charge is -1.99. The zero-order valence-corrected chi connectivity index (χ0v) is 9.63. The second kappa shape index (κ2) is 3.58. The van der Waals surface area contributed by atoms with Gasteiger partial charge in [0.15, 0.2) is 0 Å². The molecule has 0 unspecified atom stereocenters. The van der Waals surface area contributed by atoms with Crippen LogP contribution in [-0.2, 0) is 0 Å². The van der Waals surface area contributed by atoms with Gasteiger partial charge in [0.1, 0.15) is 5.76 Å². The maximum absolute atomic E-state index is 5.43. The Kier molecular flexibility index (Phi) is 2.42. The number of nitrogens with zero attached hydrogens (tertiary/aromatic N) is 1. The van der Waals surface area contributed by atoms with Crippen LogP contribution < -0.4 is 0 Å². The number of aryl methyl sites for hydroxylation is 2. The van der Waals surface area contributed by atoms with Gasteiger partial charge >= 0.3 is 0 Å². The fourth-order valence-corrected chi connectivity index (χ4v) is 1.59. The molecule has 1 aromatic carbocycles. The molecule has 1 heterocycles. The third kappa shape index (κ3) is 1.73. The van der Waals surface area contributed by atoms with Gasteiger partial charge in [0.05, 0.1) is 6.20 Å². The van der Waals surface area contributed by atoms with Crippen LogP contribution in [0.4, 0.5) is 0 Å². The van der Waals surface area contributed by atoms with E-state index in [0.717, 1.165) is 15.8 Å². The second-order valence-corrected chi connectivity index (χ2v) is 4.09. The molecular formula is C11H10BrNO. The Morgan fingerprint density at radius 2 is 2.07 bits per heavy atom. The maximum Gasteiger partial charge on any atom is 0.226 e. The minimum Gasteiger partial charge on any atom is -0.441 e. The van der Waals surface area contributed by atoms with E-state index in [9.17, 15) is 0 Å². The number of hydrogen-bond donors (Lipinski definition) is 0. The third-order valence-electron chi connectivity index (χ3n) is 2.04. The van der Waals surface area contributed by atoms with E-state index in [0.29, 0.717) is 5.89 Å². The quantitative estimate of drug-likeness (QED) is 0.773. The van der Waals surface area contributed by atoms with E-state index in [2.05, 4.69) is 27.8 Å². The zero-order valence-electron chi connectivity index (χ0n) is 8.04. The monoisotopic (exact) mass is 251 g/mol. The van der Waals surface area contributed by atoms with E-state index < -0.39 is 0 Å². The van der Waals surface area contributed by atoms with Gasteiger partial charge in [-0.1, -0.05) is 22.0 Å². The summed E-state index contributed by atoms with van der Waals surface area (Å²) < 4.78 is 6.51. The molecule has 0 amide bonds. The molecule has 14 heavy (non-hydrogen) atoms. The number of oxazole rings is 1. The molecule has 0 fully saturated rings. The molecule has 0 aliphatic carbocycles. The van der Waals surface area contributed by atoms with Gasteiger partial charge < -0.3 is 4.42 Å². The Morgan fingerprint density at radius 3 is 2.64 bits per heavy atom. The van der Waals surface area contributed by atoms with Gasteiger partial charge in [-0.3, -0.25) is 0 Å². The number of halogens is 1. The van der Waals surface area contributed by atoms with Crippen molar-refractivity contribution in [1.82, 2.24) is 4.98 Å². The van der Waals surface area contributed by atoms with E-state index in [-0.39, 0.29) is 0 Å². The Labute approximate surface area is 91.1 Å². The maximum atomic E-state index is 5.43. The fourth-order valence-electron chi connectivity index (χ4n) is 1.21. The Hall–Kier alpha value is -1.09. The first-order chi connectivity index (χ1) is 6.66. The number of hydrogen-bond acceptors (Lipinski definition) is 2. The van der Waals surface area contributed by atoms with Gasteiger partial charge in [-0.05, 0) is 31.5 Å². The molecule has 0 saturated heterocycles. The van der Waals surface area contributed by atoms with Gasteiger partial charge in [-0.15, -0.1) is 0 Å². The summed E-state index contributed by atoms with van der Waals surface area (Å²) in [5.41, 5.74) is 2.20. The fraction of sp³-hybridized carbons (Fsp3) is 0.182. The van der Waals surface area contributed by atoms with Gasteiger partial charge in [0.2, 0.25) is 5.89 Å². The molecule has 1 aromatic heterocycles. The van der Waals surface area contributed by atoms with E-state index in [1.165, 1.54) is 5.56 Å². The molecular weight excluding hydrogens is 242 g/mol. The smallest absolute Gasteiger partial charge is 0.226 e. The normalized spacial score (nSPS) is 10.5. The van der Waals surface area contributed by atoms with Crippen molar-refractivity contribution < 1.29 is 4.42 Å². The van der Waals surface area contributed by atoms with E-state index in [1.54, 1.807) is 6.20 Å². The van der Waals surface area contributed by atoms with Gasteiger partial charge in [-0.2, -0.15) is 0 Å². The second-order valence-electron chi connectivity index (χ2n) is 3.24. The highest BCUT2D eigenvalue weighted by molar-refractivity contribution is 9.10. The molecule has 0 spiro atoms. The average molecular weight is 252 g/mol. The van der Waals surface area contributed by atoms with Crippen molar-refractivity contribution in [3.8, 4) is 11.5 Å². The molecule has 2 nitrogen and oxygen atoms in total. The average Bonchev–Trinajstić information content (AvgIpc) is 2.57. The van der Waals surface area contributed by atoms with Crippen LogP contribution in [0.15, 0.2) is 33.3 Å². The summed E-state index contributed by atoms with van der Waals surface area (Å²) in [6.07, 6.45) is 1.73. The van der Waals surface area contributed by atoms with Crippen molar-refractivity contribution in [2.24, 2.45) is 0 Å². The van der Waals surface area contributed by atoms with Crippen LogP contribution in [0.1, 0.15) is 11.3 Å². The summed E-state index contributed by atoms with van der Waals surface area (Å²) in [5, 5.41) is 0. The summed E-state index contributed by atoms with van der Waals surface area (Å²) >= 11 is 3.48. The predicted octanol–water partition coefficient (Wildman–Crippen LogP) is 3.72. The summed E-state index contributed by atoms with van der Waals surface area (Å²) in [7, 11) is 0.